The van der Waals surface area contributed by atoms with E-state index in [1.807, 2.05) is 0 Å². The zero-order chi connectivity index (χ0) is 18.7. The molecule has 0 aromatic heterocycles. The lowest BCUT2D eigenvalue weighted by atomic mass is 9.57. The van der Waals surface area contributed by atoms with Crippen LogP contribution in [0.3, 0.4) is 0 Å². The lowest BCUT2D eigenvalue weighted by molar-refractivity contribution is 0.572. The van der Waals surface area contributed by atoms with Crippen molar-refractivity contribution in [3.8, 4) is 22.3 Å². The van der Waals surface area contributed by atoms with Crippen molar-refractivity contribution in [3.05, 3.63) is 118 Å². The van der Waals surface area contributed by atoms with Gasteiger partial charge in [-0.2, -0.15) is 0 Å². The van der Waals surface area contributed by atoms with Crippen molar-refractivity contribution < 1.29 is 0 Å². The SMILES string of the molecule is CC1(C)c2cccc3c2C2(c4ccccc4-3)c3ccccc3-c3cccc1c32. The van der Waals surface area contributed by atoms with E-state index in [-0.39, 0.29) is 10.8 Å². The summed E-state index contributed by atoms with van der Waals surface area (Å²) in [6.45, 7) is 4.79. The van der Waals surface area contributed by atoms with Gasteiger partial charge in [-0.15, -0.1) is 0 Å². The molecular weight excluding hydrogens is 336 g/mol. The van der Waals surface area contributed by atoms with Gasteiger partial charge in [-0.3, -0.25) is 0 Å². The van der Waals surface area contributed by atoms with Crippen molar-refractivity contribution in [3.63, 3.8) is 0 Å². The Bertz CT molecular complexity index is 1230. The molecule has 0 saturated carbocycles. The lowest BCUT2D eigenvalue weighted by Crippen LogP contribution is -2.38. The van der Waals surface area contributed by atoms with E-state index < -0.39 is 0 Å². The van der Waals surface area contributed by atoms with Crippen LogP contribution in [0, 0.1) is 0 Å². The summed E-state index contributed by atoms with van der Waals surface area (Å²) < 4.78 is 0. The maximum absolute atomic E-state index is 2.40. The van der Waals surface area contributed by atoms with Gasteiger partial charge in [0, 0.05) is 5.41 Å². The zero-order valence-corrected chi connectivity index (χ0v) is 16.1. The van der Waals surface area contributed by atoms with Crippen LogP contribution < -0.4 is 0 Å². The molecule has 1 spiro atoms. The Labute approximate surface area is 165 Å². The van der Waals surface area contributed by atoms with Gasteiger partial charge in [0.2, 0.25) is 0 Å². The second-order valence-corrected chi connectivity index (χ2v) is 8.92. The van der Waals surface area contributed by atoms with Crippen LogP contribution in [-0.4, -0.2) is 0 Å². The van der Waals surface area contributed by atoms with E-state index in [1.165, 1.54) is 55.6 Å². The third kappa shape index (κ3) is 1.33. The molecule has 0 saturated heterocycles. The van der Waals surface area contributed by atoms with E-state index in [4.69, 9.17) is 0 Å². The summed E-state index contributed by atoms with van der Waals surface area (Å²) in [6.07, 6.45) is 0. The Balaban J connectivity index is 1.83. The van der Waals surface area contributed by atoms with E-state index in [1.54, 1.807) is 0 Å². The molecule has 0 radical (unpaired) electrons. The van der Waals surface area contributed by atoms with Gasteiger partial charge in [0.05, 0.1) is 5.41 Å². The molecule has 3 aliphatic carbocycles. The van der Waals surface area contributed by atoms with Gasteiger partial charge in [0.25, 0.3) is 0 Å². The minimum atomic E-state index is -0.166. The molecule has 0 amide bonds. The van der Waals surface area contributed by atoms with Crippen molar-refractivity contribution in [2.75, 3.05) is 0 Å². The molecule has 0 N–H and O–H groups in total. The Morgan fingerprint density at radius 2 is 0.821 bits per heavy atom. The van der Waals surface area contributed by atoms with Crippen LogP contribution in [0.25, 0.3) is 22.3 Å². The molecule has 0 heteroatoms. The normalized spacial score (nSPS) is 17.5. The van der Waals surface area contributed by atoms with E-state index in [0.29, 0.717) is 0 Å². The molecule has 0 bridgehead atoms. The smallest absolute Gasteiger partial charge is 0.0619 e. The fourth-order valence-corrected chi connectivity index (χ4v) is 6.45. The largest absolute Gasteiger partial charge is 0.0731 e. The van der Waals surface area contributed by atoms with E-state index in [9.17, 15) is 0 Å². The van der Waals surface area contributed by atoms with Crippen LogP contribution in [0.1, 0.15) is 47.2 Å². The van der Waals surface area contributed by atoms with Crippen molar-refractivity contribution in [1.82, 2.24) is 0 Å². The van der Waals surface area contributed by atoms with Crippen molar-refractivity contribution in [1.29, 1.82) is 0 Å². The Kier molecular flexibility index (Phi) is 2.38. The Morgan fingerprint density at radius 1 is 0.429 bits per heavy atom. The summed E-state index contributed by atoms with van der Waals surface area (Å²) in [5, 5.41) is 0. The molecule has 0 unspecified atom stereocenters. The van der Waals surface area contributed by atoms with Crippen molar-refractivity contribution >= 4 is 0 Å². The van der Waals surface area contributed by atoms with Gasteiger partial charge in [0.1, 0.15) is 0 Å². The van der Waals surface area contributed by atoms with Gasteiger partial charge in [0.15, 0.2) is 0 Å². The topological polar surface area (TPSA) is 0 Å². The summed E-state index contributed by atoms with van der Waals surface area (Å²) in [4.78, 5) is 0. The van der Waals surface area contributed by atoms with Gasteiger partial charge in [-0.25, -0.2) is 0 Å². The predicted octanol–water partition coefficient (Wildman–Crippen LogP) is 6.67. The average Bonchev–Trinajstić information content (AvgIpc) is 3.20. The maximum atomic E-state index is 2.40. The highest BCUT2D eigenvalue weighted by Crippen LogP contribution is 2.68. The number of hydrogen-bond donors (Lipinski definition) is 0. The van der Waals surface area contributed by atoms with Crippen LogP contribution in [-0.2, 0) is 10.8 Å². The van der Waals surface area contributed by atoms with Crippen LogP contribution in [0.5, 0.6) is 0 Å². The Morgan fingerprint density at radius 3 is 1.32 bits per heavy atom. The fraction of sp³-hybridized carbons (Fsp3) is 0.143. The summed E-state index contributed by atoms with van der Waals surface area (Å²) in [5.41, 5.74) is 14.3. The highest BCUT2D eigenvalue weighted by Gasteiger charge is 2.58. The van der Waals surface area contributed by atoms with Crippen LogP contribution in [0.15, 0.2) is 84.9 Å². The lowest BCUT2D eigenvalue weighted by Gasteiger charge is -2.44. The first kappa shape index (κ1) is 14.9. The second-order valence-electron chi connectivity index (χ2n) is 8.92. The molecule has 3 aliphatic rings. The minimum absolute atomic E-state index is 0.00965. The molecule has 0 nitrogen and oxygen atoms in total. The van der Waals surface area contributed by atoms with Crippen molar-refractivity contribution in [2.24, 2.45) is 0 Å². The highest BCUT2D eigenvalue weighted by molar-refractivity contribution is 5.98. The molecular formula is C28H20. The quantitative estimate of drug-likeness (QED) is 0.285. The van der Waals surface area contributed by atoms with Gasteiger partial charge < -0.3 is 0 Å². The maximum Gasteiger partial charge on any atom is 0.0731 e. The van der Waals surface area contributed by atoms with Gasteiger partial charge in [-0.1, -0.05) is 98.8 Å². The molecule has 0 aliphatic heterocycles. The molecule has 0 heterocycles. The van der Waals surface area contributed by atoms with E-state index in [0.717, 1.165) is 0 Å². The molecule has 7 rings (SSSR count). The van der Waals surface area contributed by atoms with E-state index in [2.05, 4.69) is 98.8 Å². The third-order valence-corrected chi connectivity index (χ3v) is 7.47. The second kappa shape index (κ2) is 4.47. The number of rotatable bonds is 0. The standard InChI is InChI=1S/C28H20/c1-27(2)23-15-7-11-19-17-9-3-5-13-21(17)28(25(19)23)22-14-6-4-10-18(22)20-12-8-16-24(27)26(20)28/h3-16H,1-2H3. The molecule has 0 fully saturated rings. The van der Waals surface area contributed by atoms with E-state index >= 15 is 0 Å². The van der Waals surface area contributed by atoms with Crippen LogP contribution in [0.2, 0.25) is 0 Å². The number of fused-ring (bicyclic) bond motifs is 4. The number of hydrogen-bond acceptors (Lipinski definition) is 0. The van der Waals surface area contributed by atoms with Gasteiger partial charge in [-0.05, 0) is 55.6 Å². The molecule has 0 atom stereocenters. The molecule has 4 aromatic carbocycles. The minimum Gasteiger partial charge on any atom is -0.0619 e. The zero-order valence-electron chi connectivity index (χ0n) is 16.1. The molecule has 4 aromatic rings. The van der Waals surface area contributed by atoms with Gasteiger partial charge >= 0.3 is 0 Å². The molecule has 132 valence electrons. The molecule has 28 heavy (non-hydrogen) atoms. The highest BCUT2D eigenvalue weighted by atomic mass is 14.6. The predicted molar refractivity (Wildman–Crippen MR) is 115 cm³/mol. The first-order chi connectivity index (χ1) is 13.7. The summed E-state index contributed by atoms with van der Waals surface area (Å²) in [6, 6.07) is 32.0. The van der Waals surface area contributed by atoms with Crippen LogP contribution >= 0.6 is 0 Å². The monoisotopic (exact) mass is 356 g/mol. The third-order valence-electron chi connectivity index (χ3n) is 7.47. The summed E-state index contributed by atoms with van der Waals surface area (Å²) in [5.74, 6) is 0. The number of benzene rings is 4. The Hall–Kier alpha value is -3.12. The van der Waals surface area contributed by atoms with Crippen molar-refractivity contribution in [2.45, 2.75) is 24.7 Å². The average molecular weight is 356 g/mol. The first-order valence-electron chi connectivity index (χ1n) is 10.1. The van der Waals surface area contributed by atoms with Crippen LogP contribution in [0.4, 0.5) is 0 Å². The fourth-order valence-electron chi connectivity index (χ4n) is 6.45. The summed E-state index contributed by atoms with van der Waals surface area (Å²) >= 11 is 0. The first-order valence-corrected chi connectivity index (χ1v) is 10.1. The summed E-state index contributed by atoms with van der Waals surface area (Å²) in [7, 11) is 0.